The molecule has 2 rings (SSSR count). The van der Waals surface area contributed by atoms with Crippen LogP contribution in [0.25, 0.3) is 0 Å². The second-order valence-corrected chi connectivity index (χ2v) is 5.69. The van der Waals surface area contributed by atoms with Gasteiger partial charge in [-0.1, -0.05) is 23.2 Å². The SMILES string of the molecule is O=C(N[C@@H]1[C@H](O)[C@@H](CO)O[C@H]1n1ccc(=O)[nH]c1=O)C(Cl)Cl. The zero-order chi connectivity index (χ0) is 16.4. The number of nitrogens with zero attached hydrogens (tertiary/aromatic N) is 1. The molecule has 0 bridgehead atoms. The van der Waals surface area contributed by atoms with Gasteiger partial charge in [-0.2, -0.15) is 0 Å². The van der Waals surface area contributed by atoms with Gasteiger partial charge in [0.15, 0.2) is 11.1 Å². The molecular formula is C11H13Cl2N3O6. The van der Waals surface area contributed by atoms with Crippen molar-refractivity contribution in [3.8, 4) is 0 Å². The maximum atomic E-state index is 11.8. The Morgan fingerprint density at radius 2 is 2.18 bits per heavy atom. The van der Waals surface area contributed by atoms with E-state index in [2.05, 4.69) is 5.32 Å². The van der Waals surface area contributed by atoms with Crippen LogP contribution in [-0.2, 0) is 9.53 Å². The normalized spacial score (nSPS) is 28.0. The molecule has 1 aliphatic rings. The second-order valence-electron chi connectivity index (χ2n) is 4.59. The zero-order valence-electron chi connectivity index (χ0n) is 11.0. The summed E-state index contributed by atoms with van der Waals surface area (Å²) in [5, 5.41) is 21.6. The Kier molecular flexibility index (Phi) is 5.24. The van der Waals surface area contributed by atoms with Crippen molar-refractivity contribution in [1.82, 2.24) is 14.9 Å². The molecule has 0 aliphatic carbocycles. The highest BCUT2D eigenvalue weighted by Gasteiger charge is 2.45. The Hall–Kier alpha value is -1.39. The van der Waals surface area contributed by atoms with Crippen molar-refractivity contribution in [3.05, 3.63) is 33.1 Å². The number of hydrogen-bond acceptors (Lipinski definition) is 6. The third-order valence-electron chi connectivity index (χ3n) is 3.18. The van der Waals surface area contributed by atoms with Crippen molar-refractivity contribution in [2.45, 2.75) is 29.3 Å². The third kappa shape index (κ3) is 3.33. The molecule has 4 atom stereocenters. The molecule has 0 radical (unpaired) electrons. The first-order valence-electron chi connectivity index (χ1n) is 6.19. The topological polar surface area (TPSA) is 134 Å². The van der Waals surface area contributed by atoms with E-state index in [1.54, 1.807) is 0 Å². The average molecular weight is 354 g/mol. The number of carbonyl (C=O) groups excluding carboxylic acids is 1. The minimum absolute atomic E-state index is 0.534. The van der Waals surface area contributed by atoms with E-state index in [4.69, 9.17) is 27.9 Å². The fourth-order valence-electron chi connectivity index (χ4n) is 2.15. The summed E-state index contributed by atoms with van der Waals surface area (Å²) in [6.07, 6.45) is -2.33. The first-order chi connectivity index (χ1) is 10.3. The maximum Gasteiger partial charge on any atom is 0.330 e. The van der Waals surface area contributed by atoms with Gasteiger partial charge in [0.2, 0.25) is 0 Å². The zero-order valence-corrected chi connectivity index (χ0v) is 12.5. The Morgan fingerprint density at radius 3 is 2.73 bits per heavy atom. The van der Waals surface area contributed by atoms with Gasteiger partial charge >= 0.3 is 5.69 Å². The average Bonchev–Trinajstić information content (AvgIpc) is 2.76. The van der Waals surface area contributed by atoms with Crippen molar-refractivity contribution in [2.24, 2.45) is 0 Å². The summed E-state index contributed by atoms with van der Waals surface area (Å²) >= 11 is 10.9. The fraction of sp³-hybridized carbons (Fsp3) is 0.545. The van der Waals surface area contributed by atoms with Gasteiger partial charge in [-0.15, -0.1) is 0 Å². The van der Waals surface area contributed by atoms with E-state index in [9.17, 15) is 24.6 Å². The van der Waals surface area contributed by atoms with Gasteiger partial charge < -0.3 is 20.3 Å². The standard InChI is InChI=1S/C11H13Cl2N3O6/c12-8(13)9(20)15-6-7(19)4(3-17)22-10(6)16-2-1-5(18)14-11(16)21/h1-2,4,6-8,10,17,19H,3H2,(H,15,20)(H,14,18,21)/t4-,6-,7-,10-/m1/s1. The van der Waals surface area contributed by atoms with Crippen molar-refractivity contribution >= 4 is 29.1 Å². The van der Waals surface area contributed by atoms with Gasteiger partial charge in [0.25, 0.3) is 11.5 Å². The highest BCUT2D eigenvalue weighted by atomic mass is 35.5. The Bertz CT molecular complexity index is 660. The summed E-state index contributed by atoms with van der Waals surface area (Å²) in [5.74, 6) is -0.794. The Balaban J connectivity index is 2.35. The molecule has 1 amide bonds. The molecule has 0 aromatic carbocycles. The molecule has 1 saturated heterocycles. The van der Waals surface area contributed by atoms with Gasteiger partial charge in [-0.25, -0.2) is 4.79 Å². The predicted octanol–water partition coefficient (Wildman–Crippen LogP) is -1.92. The van der Waals surface area contributed by atoms with Gasteiger partial charge in [-0.05, 0) is 0 Å². The first kappa shape index (κ1) is 17.0. The van der Waals surface area contributed by atoms with Gasteiger partial charge in [0.05, 0.1) is 6.61 Å². The number of aromatic nitrogens is 2. The number of alkyl halides is 2. The van der Waals surface area contributed by atoms with E-state index in [1.807, 2.05) is 4.98 Å². The first-order valence-corrected chi connectivity index (χ1v) is 7.07. The number of ether oxygens (including phenoxy) is 1. The molecule has 4 N–H and O–H groups in total. The minimum Gasteiger partial charge on any atom is -0.394 e. The molecule has 1 aliphatic heterocycles. The lowest BCUT2D eigenvalue weighted by Gasteiger charge is -2.23. The second kappa shape index (κ2) is 6.80. The van der Waals surface area contributed by atoms with Gasteiger partial charge in [0.1, 0.15) is 18.2 Å². The van der Waals surface area contributed by atoms with Crippen molar-refractivity contribution in [3.63, 3.8) is 0 Å². The molecule has 0 unspecified atom stereocenters. The molecule has 0 saturated carbocycles. The predicted molar refractivity (Wildman–Crippen MR) is 75.8 cm³/mol. The number of hydrogen-bond donors (Lipinski definition) is 4. The number of aliphatic hydroxyl groups excluding tert-OH is 2. The van der Waals surface area contributed by atoms with Crippen LogP contribution in [-0.4, -0.2) is 55.4 Å². The third-order valence-corrected chi connectivity index (χ3v) is 3.58. The quantitative estimate of drug-likeness (QED) is 0.466. The largest absolute Gasteiger partial charge is 0.394 e. The summed E-state index contributed by atoms with van der Waals surface area (Å²) in [4.78, 5) is 35.1. The van der Waals surface area contributed by atoms with Gasteiger partial charge in [0, 0.05) is 12.3 Å². The molecule has 11 heteroatoms. The lowest BCUT2D eigenvalue weighted by atomic mass is 10.1. The highest BCUT2D eigenvalue weighted by Crippen LogP contribution is 2.28. The van der Waals surface area contributed by atoms with E-state index in [-0.39, 0.29) is 0 Å². The Morgan fingerprint density at radius 1 is 1.50 bits per heavy atom. The lowest BCUT2D eigenvalue weighted by molar-refractivity contribution is -0.121. The van der Waals surface area contributed by atoms with E-state index < -0.39 is 53.1 Å². The number of aromatic amines is 1. The lowest BCUT2D eigenvalue weighted by Crippen LogP contribution is -2.49. The van der Waals surface area contributed by atoms with Crippen LogP contribution in [0, 0.1) is 0 Å². The van der Waals surface area contributed by atoms with Crippen molar-refractivity contribution < 1.29 is 19.7 Å². The summed E-state index contributed by atoms with van der Waals surface area (Å²) < 4.78 is 6.34. The molecule has 1 fully saturated rings. The molecule has 0 spiro atoms. The van der Waals surface area contributed by atoms with Crippen LogP contribution in [0.2, 0.25) is 0 Å². The van der Waals surface area contributed by atoms with E-state index >= 15 is 0 Å². The summed E-state index contributed by atoms with van der Waals surface area (Å²) in [6, 6.07) is -0.0120. The van der Waals surface area contributed by atoms with Crippen molar-refractivity contribution in [1.29, 1.82) is 0 Å². The molecular weight excluding hydrogens is 341 g/mol. The van der Waals surface area contributed by atoms with Crippen LogP contribution in [0.5, 0.6) is 0 Å². The van der Waals surface area contributed by atoms with E-state index in [0.717, 1.165) is 16.8 Å². The van der Waals surface area contributed by atoms with E-state index in [0.29, 0.717) is 0 Å². The molecule has 1 aromatic rings. The van der Waals surface area contributed by atoms with Crippen LogP contribution in [0.4, 0.5) is 0 Å². The number of amides is 1. The van der Waals surface area contributed by atoms with Crippen LogP contribution in [0.15, 0.2) is 21.9 Å². The molecule has 22 heavy (non-hydrogen) atoms. The molecule has 1 aromatic heterocycles. The molecule has 122 valence electrons. The van der Waals surface area contributed by atoms with Crippen LogP contribution in [0.1, 0.15) is 6.23 Å². The Labute approximate surface area is 133 Å². The van der Waals surface area contributed by atoms with E-state index in [1.165, 1.54) is 0 Å². The summed E-state index contributed by atoms with van der Waals surface area (Å²) in [6.45, 7) is -0.534. The smallest absolute Gasteiger partial charge is 0.330 e. The number of nitrogens with one attached hydrogen (secondary N) is 2. The summed E-state index contributed by atoms with van der Waals surface area (Å²) in [7, 11) is 0. The molecule has 2 heterocycles. The van der Waals surface area contributed by atoms with Crippen LogP contribution in [0.3, 0.4) is 0 Å². The fourth-order valence-corrected chi connectivity index (χ4v) is 2.27. The number of H-pyrrole nitrogens is 1. The summed E-state index contributed by atoms with van der Waals surface area (Å²) in [5.41, 5.74) is -1.41. The monoisotopic (exact) mass is 353 g/mol. The number of carbonyl (C=O) groups is 1. The number of rotatable bonds is 4. The van der Waals surface area contributed by atoms with Gasteiger partial charge in [-0.3, -0.25) is 19.1 Å². The number of aliphatic hydroxyl groups is 2. The van der Waals surface area contributed by atoms with Crippen LogP contribution < -0.4 is 16.6 Å². The van der Waals surface area contributed by atoms with Crippen LogP contribution >= 0.6 is 23.2 Å². The van der Waals surface area contributed by atoms with Crippen molar-refractivity contribution in [2.75, 3.05) is 6.61 Å². The minimum atomic E-state index is -1.38. The maximum absolute atomic E-state index is 11.8. The number of halogens is 2. The molecule has 9 nitrogen and oxygen atoms in total. The highest BCUT2D eigenvalue weighted by molar-refractivity contribution is 6.53.